The number of nitrogens with zero attached hydrogens (tertiary/aromatic N) is 2. The van der Waals surface area contributed by atoms with Crippen molar-refractivity contribution in [3.8, 4) is 0 Å². The summed E-state index contributed by atoms with van der Waals surface area (Å²) < 4.78 is 11.1. The van der Waals surface area contributed by atoms with E-state index in [9.17, 15) is 0 Å². The SMILES string of the molecule is CN=C(NCCC1=CCOCC1)NCC(c1ccco1)N1CCCCC1.I. The summed E-state index contributed by atoms with van der Waals surface area (Å²) in [6.45, 7) is 5.55. The molecule has 0 aromatic carbocycles. The van der Waals surface area contributed by atoms with Crippen LogP contribution >= 0.6 is 24.0 Å². The summed E-state index contributed by atoms with van der Waals surface area (Å²) in [6.07, 6.45) is 9.91. The Hall–Kier alpha value is -1.06. The predicted octanol–water partition coefficient (Wildman–Crippen LogP) is 3.33. The van der Waals surface area contributed by atoms with Gasteiger partial charge >= 0.3 is 0 Å². The van der Waals surface area contributed by atoms with Gasteiger partial charge in [-0.05, 0) is 50.9 Å². The summed E-state index contributed by atoms with van der Waals surface area (Å²) in [5.74, 6) is 1.88. The van der Waals surface area contributed by atoms with Crippen LogP contribution in [0.15, 0.2) is 39.5 Å². The normalized spacial score (nSPS) is 19.7. The molecule has 1 atom stereocenters. The predicted molar refractivity (Wildman–Crippen MR) is 120 cm³/mol. The van der Waals surface area contributed by atoms with Gasteiger partial charge in [-0.2, -0.15) is 0 Å². The first-order valence-corrected chi connectivity index (χ1v) is 9.84. The molecule has 1 unspecified atom stereocenters. The Morgan fingerprint density at radius 3 is 2.78 bits per heavy atom. The van der Waals surface area contributed by atoms with Gasteiger partial charge in [0, 0.05) is 20.1 Å². The lowest BCUT2D eigenvalue weighted by Crippen LogP contribution is -2.44. The number of halogens is 1. The van der Waals surface area contributed by atoms with E-state index in [1.54, 1.807) is 6.26 Å². The van der Waals surface area contributed by atoms with Crippen LogP contribution in [0.25, 0.3) is 0 Å². The molecule has 1 fully saturated rings. The van der Waals surface area contributed by atoms with Gasteiger partial charge in [0.15, 0.2) is 5.96 Å². The standard InChI is InChI=1S/C20H32N4O2.HI/c1-21-20(22-10-7-17-8-14-25-15-9-17)23-16-18(19-6-5-13-26-19)24-11-3-2-4-12-24;/h5-6,8,13,18H,2-4,7,9-12,14-16H2,1H3,(H2,21,22,23);1H. The Morgan fingerprint density at radius 1 is 1.26 bits per heavy atom. The van der Waals surface area contributed by atoms with E-state index in [0.717, 1.165) is 64.0 Å². The number of hydrogen-bond donors (Lipinski definition) is 2. The molecular formula is C20H33IN4O2. The quantitative estimate of drug-likeness (QED) is 0.267. The molecule has 6 nitrogen and oxygen atoms in total. The molecule has 2 aliphatic rings. The van der Waals surface area contributed by atoms with Crippen LogP contribution in [0.2, 0.25) is 0 Å². The molecule has 3 rings (SSSR count). The first-order chi connectivity index (χ1) is 12.9. The molecule has 2 aliphatic heterocycles. The largest absolute Gasteiger partial charge is 0.468 e. The Kier molecular flexibility index (Phi) is 10.2. The zero-order chi connectivity index (χ0) is 18.0. The number of ether oxygens (including phenoxy) is 1. The molecule has 0 spiro atoms. The lowest BCUT2D eigenvalue weighted by Gasteiger charge is -2.33. The van der Waals surface area contributed by atoms with Crippen LogP contribution in [0.1, 0.15) is 43.9 Å². The van der Waals surface area contributed by atoms with Gasteiger partial charge < -0.3 is 19.8 Å². The van der Waals surface area contributed by atoms with Crippen LogP contribution in [-0.4, -0.2) is 57.3 Å². The fraction of sp³-hybridized carbons (Fsp3) is 0.650. The minimum absolute atomic E-state index is 0. The average molecular weight is 488 g/mol. The molecule has 3 heterocycles. The molecular weight excluding hydrogens is 455 g/mol. The first kappa shape index (κ1) is 22.2. The molecule has 0 radical (unpaired) electrons. The maximum absolute atomic E-state index is 5.71. The van der Waals surface area contributed by atoms with Gasteiger partial charge in [-0.1, -0.05) is 18.1 Å². The third kappa shape index (κ3) is 7.12. The van der Waals surface area contributed by atoms with Crippen molar-refractivity contribution in [3.05, 3.63) is 35.8 Å². The fourth-order valence-corrected chi connectivity index (χ4v) is 3.67. The minimum atomic E-state index is 0. The van der Waals surface area contributed by atoms with E-state index in [4.69, 9.17) is 9.15 Å². The number of aliphatic imine (C=N–C) groups is 1. The molecule has 0 bridgehead atoms. The van der Waals surface area contributed by atoms with Gasteiger partial charge in [-0.3, -0.25) is 9.89 Å². The highest BCUT2D eigenvalue weighted by Crippen LogP contribution is 2.24. The van der Waals surface area contributed by atoms with E-state index in [-0.39, 0.29) is 30.0 Å². The van der Waals surface area contributed by atoms with Crippen molar-refractivity contribution in [2.24, 2.45) is 4.99 Å². The summed E-state index contributed by atoms with van der Waals surface area (Å²) in [5, 5.41) is 6.91. The van der Waals surface area contributed by atoms with E-state index < -0.39 is 0 Å². The second-order valence-corrected chi connectivity index (χ2v) is 6.95. The number of nitrogens with one attached hydrogen (secondary N) is 2. The second kappa shape index (κ2) is 12.4. The van der Waals surface area contributed by atoms with Gasteiger partial charge in [-0.15, -0.1) is 24.0 Å². The van der Waals surface area contributed by atoms with Crippen molar-refractivity contribution < 1.29 is 9.15 Å². The molecule has 7 heteroatoms. The first-order valence-electron chi connectivity index (χ1n) is 9.84. The molecule has 0 amide bonds. The number of hydrogen-bond acceptors (Lipinski definition) is 4. The molecule has 1 aromatic rings. The van der Waals surface area contributed by atoms with E-state index in [1.165, 1.54) is 24.8 Å². The van der Waals surface area contributed by atoms with E-state index >= 15 is 0 Å². The summed E-state index contributed by atoms with van der Waals surface area (Å²) >= 11 is 0. The van der Waals surface area contributed by atoms with Crippen LogP contribution in [0.5, 0.6) is 0 Å². The lowest BCUT2D eigenvalue weighted by atomic mass is 10.1. The van der Waals surface area contributed by atoms with Gasteiger partial charge in [0.1, 0.15) is 5.76 Å². The van der Waals surface area contributed by atoms with Gasteiger partial charge in [0.25, 0.3) is 0 Å². The maximum Gasteiger partial charge on any atom is 0.191 e. The smallest absolute Gasteiger partial charge is 0.191 e. The van der Waals surface area contributed by atoms with Crippen LogP contribution in [0.3, 0.4) is 0 Å². The third-order valence-electron chi connectivity index (χ3n) is 5.19. The molecule has 27 heavy (non-hydrogen) atoms. The number of piperidine rings is 1. The Bertz CT molecular complexity index is 583. The maximum atomic E-state index is 5.71. The molecule has 1 saturated heterocycles. The van der Waals surface area contributed by atoms with Crippen molar-refractivity contribution >= 4 is 29.9 Å². The molecule has 0 saturated carbocycles. The van der Waals surface area contributed by atoms with Crippen LogP contribution < -0.4 is 10.6 Å². The highest BCUT2D eigenvalue weighted by molar-refractivity contribution is 14.0. The van der Waals surface area contributed by atoms with Crippen molar-refractivity contribution in [1.29, 1.82) is 0 Å². The molecule has 2 N–H and O–H groups in total. The number of rotatable bonds is 7. The van der Waals surface area contributed by atoms with Crippen molar-refractivity contribution in [1.82, 2.24) is 15.5 Å². The summed E-state index contributed by atoms with van der Waals surface area (Å²) in [6, 6.07) is 4.30. The lowest BCUT2D eigenvalue weighted by molar-refractivity contribution is 0.146. The van der Waals surface area contributed by atoms with Gasteiger partial charge in [0.05, 0.1) is 25.5 Å². The Morgan fingerprint density at radius 2 is 2.11 bits per heavy atom. The van der Waals surface area contributed by atoms with Crippen LogP contribution in [0, 0.1) is 0 Å². The van der Waals surface area contributed by atoms with Crippen molar-refractivity contribution in [2.75, 3.05) is 46.4 Å². The topological polar surface area (TPSA) is 62.0 Å². The van der Waals surface area contributed by atoms with Gasteiger partial charge in [0.2, 0.25) is 0 Å². The zero-order valence-electron chi connectivity index (χ0n) is 16.3. The number of furan rings is 1. The van der Waals surface area contributed by atoms with Crippen molar-refractivity contribution in [3.63, 3.8) is 0 Å². The van der Waals surface area contributed by atoms with E-state index in [0.29, 0.717) is 0 Å². The summed E-state index contributed by atoms with van der Waals surface area (Å²) in [7, 11) is 1.83. The zero-order valence-corrected chi connectivity index (χ0v) is 18.6. The van der Waals surface area contributed by atoms with E-state index in [1.807, 2.05) is 13.1 Å². The number of likely N-dealkylation sites (tertiary alicyclic amines) is 1. The monoisotopic (exact) mass is 488 g/mol. The molecule has 152 valence electrons. The van der Waals surface area contributed by atoms with Gasteiger partial charge in [-0.25, -0.2) is 0 Å². The third-order valence-corrected chi connectivity index (χ3v) is 5.19. The minimum Gasteiger partial charge on any atom is -0.468 e. The van der Waals surface area contributed by atoms with Crippen molar-refractivity contribution in [2.45, 2.75) is 38.1 Å². The Balaban J connectivity index is 0.00000261. The molecule has 1 aromatic heterocycles. The van der Waals surface area contributed by atoms with Crippen LogP contribution in [0.4, 0.5) is 0 Å². The highest BCUT2D eigenvalue weighted by Gasteiger charge is 2.24. The molecule has 0 aliphatic carbocycles. The fourth-order valence-electron chi connectivity index (χ4n) is 3.67. The summed E-state index contributed by atoms with van der Waals surface area (Å²) in [5.41, 5.74) is 1.47. The van der Waals surface area contributed by atoms with Crippen LogP contribution in [-0.2, 0) is 4.74 Å². The Labute approximate surface area is 179 Å². The second-order valence-electron chi connectivity index (χ2n) is 6.95. The average Bonchev–Trinajstić information content (AvgIpc) is 3.23. The summed E-state index contributed by atoms with van der Waals surface area (Å²) in [4.78, 5) is 6.89. The van der Waals surface area contributed by atoms with E-state index in [2.05, 4.69) is 32.7 Å². The number of guanidine groups is 1. The highest BCUT2D eigenvalue weighted by atomic mass is 127.